The molecule has 2 amide bonds. The fraction of sp³-hybridized carbons (Fsp3) is 0.389. The third-order valence-corrected chi connectivity index (χ3v) is 4.46. The Hall–Kier alpha value is -2.63. The summed E-state index contributed by atoms with van der Waals surface area (Å²) in [5.74, 6) is 0.169. The first-order chi connectivity index (χ1) is 11.6. The average molecular weight is 326 g/mol. The van der Waals surface area contributed by atoms with E-state index in [0.717, 1.165) is 5.56 Å². The zero-order valence-electron chi connectivity index (χ0n) is 13.8. The van der Waals surface area contributed by atoms with E-state index in [1.807, 2.05) is 50.9 Å². The molecule has 1 atom stereocenters. The molecule has 126 valence electrons. The van der Waals surface area contributed by atoms with Crippen LogP contribution >= 0.6 is 0 Å². The number of benzene rings is 1. The Morgan fingerprint density at radius 2 is 2.00 bits per heavy atom. The monoisotopic (exact) mass is 326 g/mol. The Morgan fingerprint density at radius 3 is 2.67 bits per heavy atom. The van der Waals surface area contributed by atoms with Crippen LogP contribution in [-0.2, 0) is 16.1 Å². The topological polar surface area (TPSA) is 58.4 Å². The van der Waals surface area contributed by atoms with Gasteiger partial charge in [-0.05, 0) is 5.56 Å². The SMILES string of the molecule is CC(=O)N1CCN(C(=O)CCn2ccnc2)CC1c1ccccc1. The highest BCUT2D eigenvalue weighted by molar-refractivity contribution is 5.78. The number of aryl methyl sites for hydroxylation is 1. The summed E-state index contributed by atoms with van der Waals surface area (Å²) in [7, 11) is 0. The summed E-state index contributed by atoms with van der Waals surface area (Å²) >= 11 is 0. The molecule has 0 radical (unpaired) electrons. The first-order valence-corrected chi connectivity index (χ1v) is 8.21. The van der Waals surface area contributed by atoms with Crippen LogP contribution in [0, 0.1) is 0 Å². The first-order valence-electron chi connectivity index (χ1n) is 8.21. The van der Waals surface area contributed by atoms with Gasteiger partial charge in [0.15, 0.2) is 0 Å². The molecule has 24 heavy (non-hydrogen) atoms. The Balaban J connectivity index is 1.68. The molecule has 1 fully saturated rings. The van der Waals surface area contributed by atoms with E-state index in [2.05, 4.69) is 4.98 Å². The molecule has 0 saturated carbocycles. The van der Waals surface area contributed by atoms with E-state index >= 15 is 0 Å². The molecule has 6 nitrogen and oxygen atoms in total. The minimum absolute atomic E-state index is 0.0503. The number of amides is 2. The van der Waals surface area contributed by atoms with Gasteiger partial charge in [-0.2, -0.15) is 0 Å². The minimum atomic E-state index is -0.0744. The van der Waals surface area contributed by atoms with Gasteiger partial charge < -0.3 is 14.4 Å². The van der Waals surface area contributed by atoms with Crippen LogP contribution in [0.1, 0.15) is 24.9 Å². The molecule has 3 rings (SSSR count). The summed E-state index contributed by atoms with van der Waals surface area (Å²) in [6, 6.07) is 9.84. The molecule has 0 aliphatic carbocycles. The molecule has 1 unspecified atom stereocenters. The van der Waals surface area contributed by atoms with Gasteiger partial charge in [0, 0.05) is 51.9 Å². The van der Waals surface area contributed by atoms with Crippen molar-refractivity contribution in [3.8, 4) is 0 Å². The van der Waals surface area contributed by atoms with Crippen LogP contribution in [0.5, 0.6) is 0 Å². The molecule has 0 N–H and O–H groups in total. The van der Waals surface area contributed by atoms with E-state index in [9.17, 15) is 9.59 Å². The third kappa shape index (κ3) is 3.64. The molecular weight excluding hydrogens is 304 g/mol. The van der Waals surface area contributed by atoms with Crippen molar-refractivity contribution in [2.75, 3.05) is 19.6 Å². The van der Waals surface area contributed by atoms with Crippen molar-refractivity contribution in [2.45, 2.75) is 25.9 Å². The van der Waals surface area contributed by atoms with Crippen LogP contribution in [0.3, 0.4) is 0 Å². The van der Waals surface area contributed by atoms with Crippen molar-refractivity contribution in [3.05, 3.63) is 54.6 Å². The summed E-state index contributed by atoms with van der Waals surface area (Å²) in [5, 5.41) is 0. The highest BCUT2D eigenvalue weighted by Gasteiger charge is 2.31. The predicted molar refractivity (Wildman–Crippen MR) is 90.0 cm³/mol. The second kappa shape index (κ2) is 7.29. The van der Waals surface area contributed by atoms with Crippen LogP contribution in [0.25, 0.3) is 0 Å². The molecule has 1 aliphatic heterocycles. The van der Waals surface area contributed by atoms with Gasteiger partial charge in [-0.1, -0.05) is 30.3 Å². The number of hydrogen-bond donors (Lipinski definition) is 0. The number of piperazine rings is 1. The molecule has 1 aromatic carbocycles. The maximum absolute atomic E-state index is 12.5. The number of carbonyl (C=O) groups excluding carboxylic acids is 2. The van der Waals surface area contributed by atoms with Gasteiger partial charge in [0.1, 0.15) is 0 Å². The number of hydrogen-bond acceptors (Lipinski definition) is 3. The molecular formula is C18H22N4O2. The van der Waals surface area contributed by atoms with Gasteiger partial charge in [0.05, 0.1) is 12.4 Å². The number of nitrogens with zero attached hydrogens (tertiary/aromatic N) is 4. The Bertz CT molecular complexity index is 684. The van der Waals surface area contributed by atoms with Crippen LogP contribution in [0.4, 0.5) is 0 Å². The van der Waals surface area contributed by atoms with E-state index in [1.165, 1.54) is 0 Å². The van der Waals surface area contributed by atoms with Gasteiger partial charge in [0.25, 0.3) is 0 Å². The average Bonchev–Trinajstić information content (AvgIpc) is 3.13. The van der Waals surface area contributed by atoms with Gasteiger partial charge in [-0.3, -0.25) is 9.59 Å². The summed E-state index contributed by atoms with van der Waals surface area (Å²) in [5.41, 5.74) is 1.07. The number of imidazole rings is 1. The molecule has 1 saturated heterocycles. The second-order valence-corrected chi connectivity index (χ2v) is 6.03. The normalized spacial score (nSPS) is 17.8. The van der Waals surface area contributed by atoms with Gasteiger partial charge >= 0.3 is 0 Å². The Kier molecular flexibility index (Phi) is 4.93. The van der Waals surface area contributed by atoms with Crippen molar-refractivity contribution in [1.82, 2.24) is 19.4 Å². The molecule has 0 bridgehead atoms. The zero-order valence-corrected chi connectivity index (χ0v) is 13.8. The number of aromatic nitrogens is 2. The van der Waals surface area contributed by atoms with Crippen molar-refractivity contribution in [1.29, 1.82) is 0 Å². The maximum Gasteiger partial charge on any atom is 0.224 e. The minimum Gasteiger partial charge on any atom is -0.338 e. The molecule has 2 aromatic rings. The third-order valence-electron chi connectivity index (χ3n) is 4.46. The lowest BCUT2D eigenvalue weighted by Gasteiger charge is -2.41. The van der Waals surface area contributed by atoms with Crippen molar-refractivity contribution >= 4 is 11.8 Å². The lowest BCUT2D eigenvalue weighted by Crippen LogP contribution is -2.51. The summed E-state index contributed by atoms with van der Waals surface area (Å²) in [6.45, 7) is 3.93. The van der Waals surface area contributed by atoms with Crippen LogP contribution < -0.4 is 0 Å². The fourth-order valence-electron chi connectivity index (χ4n) is 3.15. The molecule has 1 aliphatic rings. The van der Waals surface area contributed by atoms with Gasteiger partial charge in [0.2, 0.25) is 11.8 Å². The van der Waals surface area contributed by atoms with Gasteiger partial charge in [-0.25, -0.2) is 4.98 Å². The molecule has 1 aromatic heterocycles. The lowest BCUT2D eigenvalue weighted by atomic mass is 10.0. The Labute approximate surface area is 141 Å². The summed E-state index contributed by atoms with van der Waals surface area (Å²) in [6.07, 6.45) is 5.72. The van der Waals surface area contributed by atoms with Gasteiger partial charge in [-0.15, -0.1) is 0 Å². The molecule has 0 spiro atoms. The van der Waals surface area contributed by atoms with E-state index in [4.69, 9.17) is 0 Å². The van der Waals surface area contributed by atoms with E-state index < -0.39 is 0 Å². The quantitative estimate of drug-likeness (QED) is 0.859. The lowest BCUT2D eigenvalue weighted by molar-refractivity contribution is -0.142. The standard InChI is InChI=1S/C18H22N4O2/c1-15(23)22-12-11-21(13-17(22)16-5-3-2-4-6-16)18(24)7-9-20-10-8-19-14-20/h2-6,8,10,14,17H,7,9,11-13H2,1H3. The van der Waals surface area contributed by atoms with Crippen molar-refractivity contribution < 1.29 is 9.59 Å². The van der Waals surface area contributed by atoms with Crippen molar-refractivity contribution in [2.24, 2.45) is 0 Å². The van der Waals surface area contributed by atoms with Crippen LogP contribution in [0.15, 0.2) is 49.1 Å². The largest absolute Gasteiger partial charge is 0.338 e. The predicted octanol–water partition coefficient (Wildman–Crippen LogP) is 1.71. The zero-order chi connectivity index (χ0) is 16.9. The molecule has 6 heteroatoms. The first kappa shape index (κ1) is 16.2. The van der Waals surface area contributed by atoms with Crippen LogP contribution in [-0.4, -0.2) is 50.8 Å². The maximum atomic E-state index is 12.5. The van der Waals surface area contributed by atoms with E-state index in [-0.39, 0.29) is 17.9 Å². The smallest absolute Gasteiger partial charge is 0.224 e. The summed E-state index contributed by atoms with van der Waals surface area (Å²) < 4.78 is 1.90. The Morgan fingerprint density at radius 1 is 1.21 bits per heavy atom. The highest BCUT2D eigenvalue weighted by atomic mass is 16.2. The second-order valence-electron chi connectivity index (χ2n) is 6.03. The molecule has 2 heterocycles. The van der Waals surface area contributed by atoms with E-state index in [1.54, 1.807) is 19.4 Å². The van der Waals surface area contributed by atoms with Crippen LogP contribution in [0.2, 0.25) is 0 Å². The summed E-state index contributed by atoms with van der Waals surface area (Å²) in [4.78, 5) is 32.2. The number of rotatable bonds is 4. The number of carbonyl (C=O) groups is 2. The van der Waals surface area contributed by atoms with Crippen molar-refractivity contribution in [3.63, 3.8) is 0 Å². The fourth-order valence-corrected chi connectivity index (χ4v) is 3.15. The highest BCUT2D eigenvalue weighted by Crippen LogP contribution is 2.25. The van der Waals surface area contributed by atoms with E-state index in [0.29, 0.717) is 32.6 Å².